The lowest BCUT2D eigenvalue weighted by Crippen LogP contribution is -2.28. The second kappa shape index (κ2) is 6.69. The average molecular weight is 280 g/mol. The number of benzene rings is 1. The highest BCUT2D eigenvalue weighted by atomic mass is 16.2. The number of pyridine rings is 1. The Bertz CT molecular complexity index is 714. The second-order valence-electron chi connectivity index (χ2n) is 4.51. The van der Waals surface area contributed by atoms with Gasteiger partial charge in [-0.3, -0.25) is 4.79 Å². The van der Waals surface area contributed by atoms with Gasteiger partial charge in [0.25, 0.3) is 5.91 Å². The molecule has 0 saturated heterocycles. The monoisotopic (exact) mass is 280 g/mol. The van der Waals surface area contributed by atoms with Crippen LogP contribution >= 0.6 is 0 Å². The molecule has 0 saturated carbocycles. The third-order valence-corrected chi connectivity index (χ3v) is 3.09. The first-order chi connectivity index (χ1) is 10.1. The van der Waals surface area contributed by atoms with Gasteiger partial charge in [-0.15, -0.1) is 0 Å². The first-order valence-corrected chi connectivity index (χ1v) is 6.53. The molecule has 0 radical (unpaired) electrons. The van der Waals surface area contributed by atoms with Gasteiger partial charge in [-0.1, -0.05) is 30.0 Å². The summed E-state index contributed by atoms with van der Waals surface area (Å²) >= 11 is 0. The first kappa shape index (κ1) is 14.8. The summed E-state index contributed by atoms with van der Waals surface area (Å²) in [6.07, 6.45) is 1.56. The number of aliphatic hydroxyl groups excluding tert-OH is 1. The molecule has 1 amide bonds. The molecule has 4 heteroatoms. The number of aromatic nitrogens is 1. The SMILES string of the molecule is Cc1ccccc1N(C)C(=O)c1ncccc1C#CCO. The number of aryl methyl sites for hydroxylation is 1. The maximum absolute atomic E-state index is 12.6. The van der Waals surface area contributed by atoms with E-state index in [0.29, 0.717) is 5.56 Å². The molecule has 1 aromatic carbocycles. The lowest BCUT2D eigenvalue weighted by atomic mass is 10.1. The van der Waals surface area contributed by atoms with Gasteiger partial charge >= 0.3 is 0 Å². The number of hydrogen-bond acceptors (Lipinski definition) is 3. The highest BCUT2D eigenvalue weighted by molar-refractivity contribution is 6.06. The molecular weight excluding hydrogens is 264 g/mol. The molecule has 1 aromatic heterocycles. The van der Waals surface area contributed by atoms with Crippen molar-refractivity contribution in [2.24, 2.45) is 0 Å². The summed E-state index contributed by atoms with van der Waals surface area (Å²) in [4.78, 5) is 18.3. The molecule has 2 rings (SSSR count). The Morgan fingerprint density at radius 3 is 2.76 bits per heavy atom. The molecule has 0 aliphatic carbocycles. The van der Waals surface area contributed by atoms with E-state index in [1.165, 1.54) is 0 Å². The van der Waals surface area contributed by atoms with Crippen LogP contribution in [0.3, 0.4) is 0 Å². The Kier molecular flexibility index (Phi) is 4.70. The van der Waals surface area contributed by atoms with Crippen molar-refractivity contribution in [3.63, 3.8) is 0 Å². The summed E-state index contributed by atoms with van der Waals surface area (Å²) in [5, 5.41) is 8.79. The number of hydrogen-bond donors (Lipinski definition) is 1. The van der Waals surface area contributed by atoms with E-state index in [0.717, 1.165) is 11.3 Å². The Morgan fingerprint density at radius 1 is 1.29 bits per heavy atom. The van der Waals surface area contributed by atoms with Crippen molar-refractivity contribution in [2.75, 3.05) is 18.6 Å². The minimum atomic E-state index is -0.254. The molecule has 1 N–H and O–H groups in total. The van der Waals surface area contributed by atoms with E-state index in [2.05, 4.69) is 16.8 Å². The quantitative estimate of drug-likeness (QED) is 0.856. The zero-order chi connectivity index (χ0) is 15.2. The van der Waals surface area contributed by atoms with Crippen molar-refractivity contribution in [1.29, 1.82) is 0 Å². The average Bonchev–Trinajstić information content (AvgIpc) is 2.52. The van der Waals surface area contributed by atoms with Crippen LogP contribution in [0.2, 0.25) is 0 Å². The van der Waals surface area contributed by atoms with Gasteiger partial charge in [0.15, 0.2) is 0 Å². The van der Waals surface area contributed by atoms with Gasteiger partial charge in [0.2, 0.25) is 0 Å². The minimum absolute atomic E-state index is 0.230. The topological polar surface area (TPSA) is 53.4 Å². The first-order valence-electron chi connectivity index (χ1n) is 6.53. The van der Waals surface area contributed by atoms with E-state index in [9.17, 15) is 4.79 Å². The van der Waals surface area contributed by atoms with Gasteiger partial charge < -0.3 is 10.0 Å². The van der Waals surface area contributed by atoms with Crippen molar-refractivity contribution < 1.29 is 9.90 Å². The molecular formula is C17H16N2O2. The number of para-hydroxylation sites is 1. The maximum Gasteiger partial charge on any atom is 0.277 e. The second-order valence-corrected chi connectivity index (χ2v) is 4.51. The third kappa shape index (κ3) is 3.28. The molecule has 4 nitrogen and oxygen atoms in total. The maximum atomic E-state index is 12.6. The van der Waals surface area contributed by atoms with Crippen LogP contribution in [0.1, 0.15) is 21.6 Å². The van der Waals surface area contributed by atoms with Gasteiger partial charge in [0.05, 0.1) is 5.56 Å². The van der Waals surface area contributed by atoms with Crippen molar-refractivity contribution in [3.05, 3.63) is 59.4 Å². The van der Waals surface area contributed by atoms with Gasteiger partial charge in [-0.05, 0) is 30.7 Å². The molecule has 2 aromatic rings. The fraction of sp³-hybridized carbons (Fsp3) is 0.176. The number of carbonyl (C=O) groups is 1. The van der Waals surface area contributed by atoms with Crippen molar-refractivity contribution in [1.82, 2.24) is 4.98 Å². The summed E-state index contributed by atoms with van der Waals surface area (Å²) in [5.41, 5.74) is 2.63. The number of aliphatic hydroxyl groups is 1. The highest BCUT2D eigenvalue weighted by Gasteiger charge is 2.18. The lowest BCUT2D eigenvalue weighted by Gasteiger charge is -2.19. The van der Waals surface area contributed by atoms with E-state index in [-0.39, 0.29) is 18.2 Å². The molecule has 0 bridgehead atoms. The number of rotatable bonds is 2. The van der Waals surface area contributed by atoms with Crippen LogP contribution in [0, 0.1) is 18.8 Å². The predicted octanol–water partition coefficient (Wildman–Crippen LogP) is 2.01. The van der Waals surface area contributed by atoms with Crippen LogP contribution in [0.4, 0.5) is 5.69 Å². The van der Waals surface area contributed by atoms with Gasteiger partial charge in [-0.2, -0.15) is 0 Å². The number of nitrogens with zero attached hydrogens (tertiary/aromatic N) is 2. The molecule has 0 unspecified atom stereocenters. The molecule has 106 valence electrons. The zero-order valence-electron chi connectivity index (χ0n) is 12.0. The number of carbonyl (C=O) groups excluding carboxylic acids is 1. The third-order valence-electron chi connectivity index (χ3n) is 3.09. The lowest BCUT2D eigenvalue weighted by molar-refractivity contribution is 0.0988. The predicted molar refractivity (Wildman–Crippen MR) is 82.1 cm³/mol. The van der Waals surface area contributed by atoms with Crippen LogP contribution in [-0.2, 0) is 0 Å². The summed E-state index contributed by atoms with van der Waals surface area (Å²) in [6, 6.07) is 11.1. The smallest absolute Gasteiger partial charge is 0.277 e. The van der Waals surface area contributed by atoms with E-state index in [1.807, 2.05) is 31.2 Å². The van der Waals surface area contributed by atoms with E-state index in [1.54, 1.807) is 30.3 Å². The Hall–Kier alpha value is -2.64. The van der Waals surface area contributed by atoms with Crippen LogP contribution in [0.15, 0.2) is 42.6 Å². The standard InChI is InChI=1S/C17H16N2O2/c1-13-7-3-4-10-15(13)19(2)17(21)16-14(9-6-12-20)8-5-11-18-16/h3-5,7-8,10-11,20H,12H2,1-2H3. The fourth-order valence-electron chi connectivity index (χ4n) is 2.02. The fourth-order valence-corrected chi connectivity index (χ4v) is 2.02. The number of amides is 1. The number of anilines is 1. The molecule has 1 heterocycles. The van der Waals surface area contributed by atoms with E-state index in [4.69, 9.17) is 5.11 Å². The van der Waals surface area contributed by atoms with Crippen LogP contribution in [0.5, 0.6) is 0 Å². The minimum Gasteiger partial charge on any atom is -0.384 e. The van der Waals surface area contributed by atoms with Crippen molar-refractivity contribution >= 4 is 11.6 Å². The normalized spacial score (nSPS) is 9.67. The van der Waals surface area contributed by atoms with Gasteiger partial charge in [-0.25, -0.2) is 4.98 Å². The molecule has 0 atom stereocenters. The van der Waals surface area contributed by atoms with Crippen LogP contribution in [0.25, 0.3) is 0 Å². The van der Waals surface area contributed by atoms with Crippen LogP contribution in [-0.4, -0.2) is 29.7 Å². The summed E-state index contributed by atoms with van der Waals surface area (Å²) in [6.45, 7) is 1.69. The summed E-state index contributed by atoms with van der Waals surface area (Å²) in [7, 11) is 1.71. The van der Waals surface area contributed by atoms with Gasteiger partial charge in [0, 0.05) is 18.9 Å². The van der Waals surface area contributed by atoms with Crippen LogP contribution < -0.4 is 4.90 Å². The highest BCUT2D eigenvalue weighted by Crippen LogP contribution is 2.20. The zero-order valence-corrected chi connectivity index (χ0v) is 12.0. The molecule has 0 aliphatic heterocycles. The Labute approximate surface area is 124 Å². The molecule has 0 aliphatic rings. The Morgan fingerprint density at radius 2 is 2.05 bits per heavy atom. The molecule has 21 heavy (non-hydrogen) atoms. The molecule has 0 spiro atoms. The Balaban J connectivity index is 2.39. The van der Waals surface area contributed by atoms with E-state index >= 15 is 0 Å². The van der Waals surface area contributed by atoms with E-state index < -0.39 is 0 Å². The largest absolute Gasteiger partial charge is 0.384 e. The summed E-state index contributed by atoms with van der Waals surface area (Å²) < 4.78 is 0. The van der Waals surface area contributed by atoms with Crippen molar-refractivity contribution in [2.45, 2.75) is 6.92 Å². The summed E-state index contributed by atoms with van der Waals surface area (Å²) in [5.74, 6) is 5.07. The molecule has 0 fully saturated rings. The van der Waals surface area contributed by atoms with Gasteiger partial charge in [0.1, 0.15) is 12.3 Å². The van der Waals surface area contributed by atoms with Crippen molar-refractivity contribution in [3.8, 4) is 11.8 Å².